The van der Waals surface area contributed by atoms with E-state index in [0.29, 0.717) is 42.9 Å². The van der Waals surface area contributed by atoms with Gasteiger partial charge in [0.1, 0.15) is 6.07 Å². The number of nitrogens with one attached hydrogen (secondary N) is 1. The van der Waals surface area contributed by atoms with Gasteiger partial charge in [-0.05, 0) is 45.0 Å². The Morgan fingerprint density at radius 3 is 2.58 bits per heavy atom. The van der Waals surface area contributed by atoms with Gasteiger partial charge in [-0.2, -0.15) is 10.4 Å². The summed E-state index contributed by atoms with van der Waals surface area (Å²) >= 11 is 0. The first kappa shape index (κ1) is 16.7. The van der Waals surface area contributed by atoms with E-state index >= 15 is 0 Å². The number of benzene rings is 1. The summed E-state index contributed by atoms with van der Waals surface area (Å²) in [5, 5.41) is 16.7. The highest BCUT2D eigenvalue weighted by Crippen LogP contribution is 2.24. The van der Waals surface area contributed by atoms with Crippen LogP contribution in [-0.2, 0) is 15.6 Å². The molecular formula is C17H20N4O2S. The quantitative estimate of drug-likeness (QED) is 0.912. The molecule has 1 fully saturated rings. The second-order valence-electron chi connectivity index (χ2n) is 6.02. The molecule has 126 valence electrons. The Hall–Kier alpha value is -2.17. The van der Waals surface area contributed by atoms with Gasteiger partial charge >= 0.3 is 0 Å². The molecule has 7 heteroatoms. The topological polar surface area (TPSA) is 87.8 Å². The van der Waals surface area contributed by atoms with Crippen LogP contribution in [0.2, 0.25) is 0 Å². The lowest BCUT2D eigenvalue weighted by Crippen LogP contribution is -2.36. The van der Waals surface area contributed by atoms with Gasteiger partial charge in [-0.3, -0.25) is 0 Å². The van der Waals surface area contributed by atoms with E-state index in [1.54, 1.807) is 11.6 Å². The summed E-state index contributed by atoms with van der Waals surface area (Å²) in [5.74, 6) is -0.156. The van der Waals surface area contributed by atoms with Crippen molar-refractivity contribution in [2.45, 2.75) is 30.8 Å². The van der Waals surface area contributed by atoms with Gasteiger partial charge in [0.15, 0.2) is 9.84 Å². The molecule has 1 saturated heterocycles. The third kappa shape index (κ3) is 3.21. The van der Waals surface area contributed by atoms with Crippen molar-refractivity contribution >= 4 is 9.84 Å². The summed E-state index contributed by atoms with van der Waals surface area (Å²) in [4.78, 5) is 0. The molecule has 24 heavy (non-hydrogen) atoms. The number of nitriles is 1. The Labute approximate surface area is 142 Å². The fourth-order valence-corrected chi connectivity index (χ4v) is 4.94. The first-order chi connectivity index (χ1) is 11.5. The maximum atomic E-state index is 12.8. The van der Waals surface area contributed by atoms with Gasteiger partial charge in [-0.25, -0.2) is 13.1 Å². The number of hydrogen-bond acceptors (Lipinski definition) is 5. The highest BCUT2D eigenvalue weighted by Gasteiger charge is 2.30. The van der Waals surface area contributed by atoms with Gasteiger partial charge in [0, 0.05) is 0 Å². The molecule has 0 radical (unpaired) electrons. The van der Waals surface area contributed by atoms with Crippen LogP contribution in [0.1, 0.15) is 29.8 Å². The second-order valence-corrected chi connectivity index (χ2v) is 8.30. The van der Waals surface area contributed by atoms with Crippen molar-refractivity contribution in [3.05, 3.63) is 47.3 Å². The number of para-hydroxylation sites is 1. The van der Waals surface area contributed by atoms with Crippen LogP contribution in [0.15, 0.2) is 30.3 Å². The average molecular weight is 344 g/mol. The number of aryl methyl sites for hydroxylation is 1. The summed E-state index contributed by atoms with van der Waals surface area (Å²) in [5.41, 5.74) is 2.13. The fourth-order valence-electron chi connectivity index (χ4n) is 3.10. The molecule has 0 spiro atoms. The highest BCUT2D eigenvalue weighted by molar-refractivity contribution is 7.91. The van der Waals surface area contributed by atoms with E-state index in [1.165, 1.54) is 0 Å². The van der Waals surface area contributed by atoms with Crippen molar-refractivity contribution in [1.29, 1.82) is 5.26 Å². The first-order valence-electron chi connectivity index (χ1n) is 7.99. The lowest BCUT2D eigenvalue weighted by molar-refractivity contribution is 0.495. The third-order valence-corrected chi connectivity index (χ3v) is 6.56. The Bertz CT molecular complexity index is 860. The summed E-state index contributed by atoms with van der Waals surface area (Å²) in [6.07, 6.45) is 1.23. The van der Waals surface area contributed by atoms with E-state index in [2.05, 4.69) is 16.5 Å². The van der Waals surface area contributed by atoms with E-state index in [9.17, 15) is 13.7 Å². The van der Waals surface area contributed by atoms with Crippen LogP contribution in [0.4, 0.5) is 0 Å². The van der Waals surface area contributed by atoms with Gasteiger partial charge in [0.2, 0.25) is 0 Å². The molecule has 2 heterocycles. The largest absolute Gasteiger partial charge is 0.317 e. The minimum absolute atomic E-state index is 0.156. The van der Waals surface area contributed by atoms with Gasteiger partial charge in [-0.15, -0.1) is 0 Å². The van der Waals surface area contributed by atoms with Crippen LogP contribution >= 0.6 is 0 Å². The van der Waals surface area contributed by atoms with Gasteiger partial charge in [0.25, 0.3) is 0 Å². The summed E-state index contributed by atoms with van der Waals surface area (Å²) < 4.78 is 27.3. The van der Waals surface area contributed by atoms with Crippen molar-refractivity contribution in [3.8, 4) is 11.8 Å². The van der Waals surface area contributed by atoms with Crippen molar-refractivity contribution in [1.82, 2.24) is 15.1 Å². The minimum atomic E-state index is -3.34. The summed E-state index contributed by atoms with van der Waals surface area (Å²) in [6, 6.07) is 11.4. The summed E-state index contributed by atoms with van der Waals surface area (Å²) in [6.45, 7) is 3.16. The second kappa shape index (κ2) is 6.75. The smallest absolute Gasteiger partial charge is 0.158 e. The fraction of sp³-hybridized carbons (Fsp3) is 0.412. The van der Waals surface area contributed by atoms with Crippen LogP contribution in [0.25, 0.3) is 5.69 Å². The molecule has 0 unspecified atom stereocenters. The van der Waals surface area contributed by atoms with Crippen molar-refractivity contribution in [2.75, 3.05) is 13.1 Å². The molecule has 1 aromatic heterocycles. The molecule has 1 aliphatic rings. The molecule has 2 aromatic rings. The average Bonchev–Trinajstić information content (AvgIpc) is 2.91. The third-order valence-electron chi connectivity index (χ3n) is 4.40. The van der Waals surface area contributed by atoms with Crippen LogP contribution in [-0.4, -0.2) is 36.5 Å². The predicted molar refractivity (Wildman–Crippen MR) is 91.5 cm³/mol. The number of aromatic nitrogens is 2. The molecule has 1 aromatic carbocycles. The number of piperidine rings is 1. The number of sulfone groups is 1. The molecule has 1 N–H and O–H groups in total. The number of hydrogen-bond donors (Lipinski definition) is 1. The van der Waals surface area contributed by atoms with E-state index in [-0.39, 0.29) is 11.0 Å². The monoisotopic (exact) mass is 344 g/mol. The zero-order chi connectivity index (χ0) is 17.2. The molecule has 1 aliphatic heterocycles. The van der Waals surface area contributed by atoms with Crippen molar-refractivity contribution in [2.24, 2.45) is 0 Å². The Kier molecular flexibility index (Phi) is 4.69. The molecule has 0 bridgehead atoms. The standard InChI is InChI=1S/C17H20N4O2S/c1-13-16(11-18)17(21(20-13)14-5-3-2-4-6-14)12-24(22,23)15-7-9-19-10-8-15/h2-6,15,19H,7-10,12H2,1H3. The Morgan fingerprint density at radius 1 is 1.29 bits per heavy atom. The molecular weight excluding hydrogens is 324 g/mol. The number of rotatable bonds is 4. The molecule has 0 aliphatic carbocycles. The molecule has 3 rings (SSSR count). The van der Waals surface area contributed by atoms with E-state index < -0.39 is 9.84 Å². The van der Waals surface area contributed by atoms with E-state index in [4.69, 9.17) is 0 Å². The van der Waals surface area contributed by atoms with Crippen molar-refractivity contribution < 1.29 is 8.42 Å². The van der Waals surface area contributed by atoms with E-state index in [1.807, 2.05) is 30.3 Å². The first-order valence-corrected chi connectivity index (χ1v) is 9.71. The van der Waals surface area contributed by atoms with Crippen LogP contribution < -0.4 is 5.32 Å². The molecule has 0 amide bonds. The number of nitrogens with zero attached hydrogens (tertiary/aromatic N) is 3. The van der Waals surface area contributed by atoms with E-state index in [0.717, 1.165) is 5.69 Å². The maximum absolute atomic E-state index is 12.8. The lowest BCUT2D eigenvalue weighted by Gasteiger charge is -2.22. The summed E-state index contributed by atoms with van der Waals surface area (Å²) in [7, 11) is -3.34. The Balaban J connectivity index is 2.02. The van der Waals surface area contributed by atoms with Crippen molar-refractivity contribution in [3.63, 3.8) is 0 Å². The van der Waals surface area contributed by atoms with Crippen LogP contribution in [0, 0.1) is 18.3 Å². The van der Waals surface area contributed by atoms with Gasteiger partial charge in [0.05, 0.1) is 33.6 Å². The highest BCUT2D eigenvalue weighted by atomic mass is 32.2. The van der Waals surface area contributed by atoms with Crippen LogP contribution in [0.3, 0.4) is 0 Å². The minimum Gasteiger partial charge on any atom is -0.317 e. The molecule has 0 atom stereocenters. The zero-order valence-electron chi connectivity index (χ0n) is 13.6. The molecule has 0 saturated carbocycles. The predicted octanol–water partition coefficient (Wildman–Crippen LogP) is 1.72. The van der Waals surface area contributed by atoms with Gasteiger partial charge < -0.3 is 5.32 Å². The SMILES string of the molecule is Cc1nn(-c2ccccc2)c(CS(=O)(=O)C2CCNCC2)c1C#N. The van der Waals surface area contributed by atoms with Gasteiger partial charge in [-0.1, -0.05) is 18.2 Å². The van der Waals surface area contributed by atoms with Crippen LogP contribution in [0.5, 0.6) is 0 Å². The normalized spacial score (nSPS) is 16.0. The molecule has 6 nitrogen and oxygen atoms in total. The Morgan fingerprint density at radius 2 is 1.96 bits per heavy atom. The zero-order valence-corrected chi connectivity index (χ0v) is 14.4. The lowest BCUT2D eigenvalue weighted by atomic mass is 10.2. The maximum Gasteiger partial charge on any atom is 0.158 e.